The Kier molecular flexibility index (Phi) is 3.99. The molecule has 0 saturated heterocycles. The predicted molar refractivity (Wildman–Crippen MR) is 78.1 cm³/mol. The van der Waals surface area contributed by atoms with Crippen LogP contribution in [-0.4, -0.2) is 0 Å². The van der Waals surface area contributed by atoms with Crippen LogP contribution in [-0.2, 0) is 4.57 Å². The van der Waals surface area contributed by atoms with Crippen LogP contribution in [0, 0.1) is 0 Å². The Bertz CT molecular complexity index is 565. The van der Waals surface area contributed by atoms with Gasteiger partial charge in [0.25, 0.3) is 0 Å². The quantitative estimate of drug-likeness (QED) is 0.603. The number of benzene rings is 2. The van der Waals surface area contributed by atoms with E-state index in [1.807, 2.05) is 67.6 Å². The van der Waals surface area contributed by atoms with Crippen LogP contribution in [0.4, 0.5) is 0 Å². The van der Waals surface area contributed by atoms with Gasteiger partial charge in [0.15, 0.2) is 7.14 Å². The lowest BCUT2D eigenvalue weighted by Gasteiger charge is -2.14. The Morgan fingerprint density at radius 2 is 1.33 bits per heavy atom. The second-order valence-electron chi connectivity index (χ2n) is 3.91. The molecule has 2 aromatic rings. The third-order valence-electron chi connectivity index (χ3n) is 2.70. The third-order valence-corrected chi connectivity index (χ3v) is 5.35. The summed E-state index contributed by atoms with van der Waals surface area (Å²) in [6.45, 7) is 1.87. The molecule has 0 aliphatic rings. The average Bonchev–Trinajstić information content (AvgIpc) is 2.46. The van der Waals surface area contributed by atoms with E-state index < -0.39 is 7.14 Å². The summed E-state index contributed by atoms with van der Waals surface area (Å²) in [5, 5.41) is 1.68. The molecule has 2 rings (SSSR count). The molecule has 18 heavy (non-hydrogen) atoms. The van der Waals surface area contributed by atoms with E-state index >= 15 is 0 Å². The summed E-state index contributed by atoms with van der Waals surface area (Å²) in [6.07, 6.45) is 1.78. The molecular formula is C16H15OP. The van der Waals surface area contributed by atoms with Crippen molar-refractivity contribution < 1.29 is 4.57 Å². The standard InChI is InChI=1S/C16H15OP/c1-2-3-14-18(17,15-10-6-4-7-11-15)16-12-8-5-9-13-16/h2,4-14H,1H3. The van der Waals surface area contributed by atoms with E-state index in [-0.39, 0.29) is 0 Å². The molecule has 0 aliphatic heterocycles. The second kappa shape index (κ2) is 5.69. The van der Waals surface area contributed by atoms with Gasteiger partial charge in [-0.15, -0.1) is 5.73 Å². The molecule has 0 heterocycles. The van der Waals surface area contributed by atoms with Gasteiger partial charge in [-0.25, -0.2) is 0 Å². The molecule has 0 spiro atoms. The second-order valence-corrected chi connectivity index (χ2v) is 6.52. The van der Waals surface area contributed by atoms with Gasteiger partial charge in [-0.2, -0.15) is 0 Å². The molecule has 0 N–H and O–H groups in total. The minimum atomic E-state index is -2.71. The summed E-state index contributed by atoms with van der Waals surface area (Å²) in [5.74, 6) is 1.69. The van der Waals surface area contributed by atoms with Crippen molar-refractivity contribution in [3.8, 4) is 0 Å². The van der Waals surface area contributed by atoms with Crippen LogP contribution in [0.3, 0.4) is 0 Å². The number of rotatable bonds is 3. The Balaban J connectivity index is 2.63. The molecule has 0 unspecified atom stereocenters. The van der Waals surface area contributed by atoms with E-state index in [1.165, 1.54) is 0 Å². The lowest BCUT2D eigenvalue weighted by Crippen LogP contribution is -2.13. The minimum Gasteiger partial charge on any atom is -0.309 e. The van der Waals surface area contributed by atoms with Crippen LogP contribution < -0.4 is 10.6 Å². The van der Waals surface area contributed by atoms with E-state index in [2.05, 4.69) is 5.73 Å². The number of allylic oxidation sites excluding steroid dienone is 1. The van der Waals surface area contributed by atoms with Crippen molar-refractivity contribution in [3.63, 3.8) is 0 Å². The molecule has 0 atom stereocenters. The van der Waals surface area contributed by atoms with Crippen LogP contribution in [0.2, 0.25) is 0 Å². The van der Waals surface area contributed by atoms with Gasteiger partial charge in [-0.3, -0.25) is 0 Å². The SMILES string of the molecule is CC=C=CP(=O)(c1ccccc1)c1ccccc1. The highest BCUT2D eigenvalue weighted by Crippen LogP contribution is 2.44. The van der Waals surface area contributed by atoms with Crippen molar-refractivity contribution in [2.24, 2.45) is 0 Å². The fraction of sp³-hybridized carbons (Fsp3) is 0.0625. The molecule has 0 saturated carbocycles. The summed E-state index contributed by atoms with van der Waals surface area (Å²) in [7, 11) is -2.71. The molecular weight excluding hydrogens is 239 g/mol. The Morgan fingerprint density at radius 3 is 1.72 bits per heavy atom. The summed E-state index contributed by atoms with van der Waals surface area (Å²) < 4.78 is 13.2. The van der Waals surface area contributed by atoms with Crippen LogP contribution in [0.5, 0.6) is 0 Å². The summed E-state index contributed by atoms with van der Waals surface area (Å²) in [5.41, 5.74) is 2.97. The monoisotopic (exact) mass is 254 g/mol. The molecule has 1 nitrogen and oxygen atoms in total. The van der Waals surface area contributed by atoms with Gasteiger partial charge in [0.1, 0.15) is 0 Å². The van der Waals surface area contributed by atoms with E-state index in [1.54, 1.807) is 11.9 Å². The molecule has 0 fully saturated rings. The van der Waals surface area contributed by atoms with Crippen LogP contribution in [0.25, 0.3) is 0 Å². The largest absolute Gasteiger partial charge is 0.309 e. The highest BCUT2D eigenvalue weighted by Gasteiger charge is 2.23. The zero-order valence-corrected chi connectivity index (χ0v) is 11.2. The van der Waals surface area contributed by atoms with Crippen molar-refractivity contribution in [2.75, 3.05) is 0 Å². The molecule has 2 heteroatoms. The molecule has 0 amide bonds. The topological polar surface area (TPSA) is 17.1 Å². The van der Waals surface area contributed by atoms with Gasteiger partial charge < -0.3 is 4.57 Å². The molecule has 2 aromatic carbocycles. The first-order valence-corrected chi connectivity index (χ1v) is 7.64. The zero-order chi connectivity index (χ0) is 12.8. The molecule has 0 radical (unpaired) electrons. The van der Waals surface area contributed by atoms with Crippen molar-refractivity contribution in [2.45, 2.75) is 6.92 Å². The van der Waals surface area contributed by atoms with Crippen LogP contribution >= 0.6 is 7.14 Å². The van der Waals surface area contributed by atoms with Gasteiger partial charge >= 0.3 is 0 Å². The van der Waals surface area contributed by atoms with Crippen LogP contribution in [0.1, 0.15) is 6.92 Å². The van der Waals surface area contributed by atoms with Crippen molar-refractivity contribution in [1.82, 2.24) is 0 Å². The van der Waals surface area contributed by atoms with Crippen molar-refractivity contribution >= 4 is 17.8 Å². The smallest absolute Gasteiger partial charge is 0.171 e. The predicted octanol–water partition coefficient (Wildman–Crippen LogP) is 3.69. The third kappa shape index (κ3) is 2.54. The van der Waals surface area contributed by atoms with Crippen molar-refractivity contribution in [3.05, 3.63) is 78.3 Å². The lowest BCUT2D eigenvalue weighted by atomic mass is 10.4. The van der Waals surface area contributed by atoms with E-state index in [4.69, 9.17) is 0 Å². The lowest BCUT2D eigenvalue weighted by molar-refractivity contribution is 0.592. The normalized spacial score (nSPS) is 10.5. The van der Waals surface area contributed by atoms with Gasteiger partial charge in [-0.05, 0) is 13.0 Å². The first kappa shape index (κ1) is 12.6. The number of hydrogen-bond donors (Lipinski definition) is 0. The molecule has 90 valence electrons. The maximum absolute atomic E-state index is 13.2. The van der Waals surface area contributed by atoms with E-state index in [0.717, 1.165) is 10.6 Å². The zero-order valence-electron chi connectivity index (χ0n) is 10.3. The van der Waals surface area contributed by atoms with Gasteiger partial charge in [0, 0.05) is 16.4 Å². The maximum atomic E-state index is 13.2. The molecule has 0 aromatic heterocycles. The van der Waals surface area contributed by atoms with Crippen LogP contribution in [0.15, 0.2) is 78.3 Å². The van der Waals surface area contributed by atoms with Gasteiger partial charge in [0.05, 0.1) is 0 Å². The number of hydrogen-bond acceptors (Lipinski definition) is 1. The van der Waals surface area contributed by atoms with Crippen molar-refractivity contribution in [1.29, 1.82) is 0 Å². The fourth-order valence-electron chi connectivity index (χ4n) is 1.78. The Hall–Kier alpha value is -1.81. The van der Waals surface area contributed by atoms with E-state index in [0.29, 0.717) is 0 Å². The first-order chi connectivity index (χ1) is 8.77. The van der Waals surface area contributed by atoms with Gasteiger partial charge in [-0.1, -0.05) is 60.7 Å². The highest BCUT2D eigenvalue weighted by molar-refractivity contribution is 7.81. The fourth-order valence-corrected chi connectivity index (χ4v) is 3.96. The maximum Gasteiger partial charge on any atom is 0.171 e. The first-order valence-electron chi connectivity index (χ1n) is 5.86. The molecule has 0 aliphatic carbocycles. The van der Waals surface area contributed by atoms with E-state index in [9.17, 15) is 4.57 Å². The summed E-state index contributed by atoms with van der Waals surface area (Å²) >= 11 is 0. The summed E-state index contributed by atoms with van der Waals surface area (Å²) in [4.78, 5) is 0. The highest BCUT2D eigenvalue weighted by atomic mass is 31.2. The Morgan fingerprint density at radius 1 is 0.889 bits per heavy atom. The summed E-state index contributed by atoms with van der Waals surface area (Å²) in [6, 6.07) is 19.1. The average molecular weight is 254 g/mol. The van der Waals surface area contributed by atoms with Gasteiger partial charge in [0.2, 0.25) is 0 Å². The minimum absolute atomic E-state index is 0.838. The Labute approximate surface area is 108 Å². The molecule has 0 bridgehead atoms.